The first-order valence-corrected chi connectivity index (χ1v) is 7.61. The van der Waals surface area contributed by atoms with Crippen molar-refractivity contribution in [3.8, 4) is 0 Å². The number of nitrogens with zero attached hydrogens (tertiary/aromatic N) is 3. The molecule has 2 rings (SSSR count). The Kier molecular flexibility index (Phi) is 5.53. The molecule has 110 valence electrons. The molecule has 0 spiro atoms. The number of rotatable bonds is 7. The molecule has 0 saturated carbocycles. The molecule has 0 fully saturated rings. The molecule has 1 aromatic heterocycles. The van der Waals surface area contributed by atoms with Crippen molar-refractivity contribution in [3.05, 3.63) is 36.0 Å². The van der Waals surface area contributed by atoms with Crippen LogP contribution >= 0.6 is 0 Å². The molecule has 0 bridgehead atoms. The lowest BCUT2D eigenvalue weighted by atomic mass is 9.85. The number of hydrogen-bond acceptors (Lipinski definition) is 3. The van der Waals surface area contributed by atoms with Crippen LogP contribution in [0.25, 0.3) is 0 Å². The minimum atomic E-state index is 0.686. The molecule has 1 atom stereocenters. The van der Waals surface area contributed by atoms with E-state index < -0.39 is 0 Å². The summed E-state index contributed by atoms with van der Waals surface area (Å²) in [6.07, 6.45) is 8.89. The van der Waals surface area contributed by atoms with Crippen LogP contribution in [0, 0.1) is 5.92 Å². The fraction of sp³-hybridized carbons (Fsp3) is 0.625. The Labute approximate surface area is 122 Å². The molecular weight excluding hydrogens is 248 g/mol. The summed E-state index contributed by atoms with van der Waals surface area (Å²) >= 11 is 0. The van der Waals surface area contributed by atoms with Crippen LogP contribution in [0.15, 0.2) is 30.1 Å². The molecule has 4 heteroatoms. The average Bonchev–Trinajstić information content (AvgIpc) is 2.87. The summed E-state index contributed by atoms with van der Waals surface area (Å²) in [7, 11) is 0. The number of nitrogens with one attached hydrogen (secondary N) is 1. The van der Waals surface area contributed by atoms with Crippen LogP contribution in [0.1, 0.15) is 45.4 Å². The highest BCUT2D eigenvalue weighted by Gasteiger charge is 2.14. The van der Waals surface area contributed by atoms with Crippen molar-refractivity contribution in [2.75, 3.05) is 6.54 Å². The third kappa shape index (κ3) is 4.04. The van der Waals surface area contributed by atoms with Crippen LogP contribution in [0.4, 0.5) is 0 Å². The van der Waals surface area contributed by atoms with Gasteiger partial charge >= 0.3 is 0 Å². The van der Waals surface area contributed by atoms with E-state index in [0.717, 1.165) is 38.3 Å². The van der Waals surface area contributed by atoms with E-state index in [1.807, 2.05) is 6.33 Å². The topological polar surface area (TPSA) is 42.7 Å². The van der Waals surface area contributed by atoms with Gasteiger partial charge in [-0.1, -0.05) is 30.7 Å². The molecule has 1 aliphatic carbocycles. The maximum absolute atomic E-state index is 4.17. The Morgan fingerprint density at radius 3 is 3.00 bits per heavy atom. The number of aryl methyl sites for hydroxylation is 1. The minimum absolute atomic E-state index is 0.686. The molecule has 1 aliphatic rings. The second kappa shape index (κ2) is 7.39. The van der Waals surface area contributed by atoms with E-state index in [2.05, 4.69) is 46.6 Å². The van der Waals surface area contributed by atoms with Gasteiger partial charge in [-0.05, 0) is 38.5 Å². The number of hydrogen-bond donors (Lipinski definition) is 1. The Morgan fingerprint density at radius 2 is 2.35 bits per heavy atom. The lowest BCUT2D eigenvalue weighted by molar-refractivity contribution is 0.524. The maximum atomic E-state index is 4.17. The van der Waals surface area contributed by atoms with Crippen LogP contribution in [-0.4, -0.2) is 21.3 Å². The summed E-state index contributed by atoms with van der Waals surface area (Å²) in [5.74, 6) is 1.72. The number of allylic oxidation sites excluding steroid dienone is 2. The largest absolute Gasteiger partial charge is 0.317 e. The van der Waals surface area contributed by atoms with E-state index >= 15 is 0 Å². The van der Waals surface area contributed by atoms with Crippen LogP contribution < -0.4 is 5.32 Å². The monoisotopic (exact) mass is 274 g/mol. The molecule has 0 aliphatic heterocycles. The Bertz CT molecular complexity index is 473. The van der Waals surface area contributed by atoms with Crippen LogP contribution in [0.2, 0.25) is 0 Å². The molecule has 20 heavy (non-hydrogen) atoms. The summed E-state index contributed by atoms with van der Waals surface area (Å²) in [6.45, 7) is 11.1. The molecule has 1 heterocycles. The maximum Gasteiger partial charge on any atom is 0.146 e. The van der Waals surface area contributed by atoms with Gasteiger partial charge in [0.1, 0.15) is 12.2 Å². The molecule has 1 aromatic rings. The smallest absolute Gasteiger partial charge is 0.146 e. The summed E-state index contributed by atoms with van der Waals surface area (Å²) in [6, 6.07) is 0. The molecule has 0 unspecified atom stereocenters. The van der Waals surface area contributed by atoms with Gasteiger partial charge in [0.05, 0.1) is 6.54 Å². The Morgan fingerprint density at radius 1 is 1.50 bits per heavy atom. The van der Waals surface area contributed by atoms with E-state index in [1.165, 1.54) is 24.0 Å². The zero-order chi connectivity index (χ0) is 14.4. The van der Waals surface area contributed by atoms with Gasteiger partial charge in [-0.2, -0.15) is 0 Å². The molecular formula is C16H26N4. The highest BCUT2D eigenvalue weighted by Crippen LogP contribution is 2.27. The lowest BCUT2D eigenvalue weighted by Crippen LogP contribution is -2.21. The molecule has 0 saturated heterocycles. The Balaban J connectivity index is 1.76. The lowest BCUT2D eigenvalue weighted by Gasteiger charge is -2.22. The molecule has 1 N–H and O–H groups in total. The van der Waals surface area contributed by atoms with E-state index in [1.54, 1.807) is 0 Å². The van der Waals surface area contributed by atoms with Crippen LogP contribution in [0.3, 0.4) is 0 Å². The van der Waals surface area contributed by atoms with E-state index in [0.29, 0.717) is 5.92 Å². The van der Waals surface area contributed by atoms with Gasteiger partial charge in [0.15, 0.2) is 0 Å². The third-order valence-corrected chi connectivity index (χ3v) is 4.00. The van der Waals surface area contributed by atoms with Crippen molar-refractivity contribution in [2.24, 2.45) is 5.92 Å². The second-order valence-corrected chi connectivity index (χ2v) is 5.72. The third-order valence-electron chi connectivity index (χ3n) is 4.00. The molecule has 0 amide bonds. The zero-order valence-corrected chi connectivity index (χ0v) is 12.7. The van der Waals surface area contributed by atoms with Crippen LogP contribution in [0.5, 0.6) is 0 Å². The van der Waals surface area contributed by atoms with Gasteiger partial charge in [-0.3, -0.25) is 0 Å². The standard InChI is InChI=1S/C16H26N4/c1-4-9-20-12-18-19-16(20)11-17-10-14-5-7-15(8-6-14)13(2)3/h5,12,15,17H,2,4,6-11H2,1,3H3/t15-/m1/s1. The van der Waals surface area contributed by atoms with E-state index in [9.17, 15) is 0 Å². The van der Waals surface area contributed by atoms with Gasteiger partial charge in [-0.25, -0.2) is 0 Å². The first-order chi connectivity index (χ1) is 9.70. The van der Waals surface area contributed by atoms with Gasteiger partial charge in [0.2, 0.25) is 0 Å². The highest BCUT2D eigenvalue weighted by molar-refractivity contribution is 5.13. The summed E-state index contributed by atoms with van der Waals surface area (Å²) in [4.78, 5) is 0. The van der Waals surface area contributed by atoms with Crippen molar-refractivity contribution >= 4 is 0 Å². The zero-order valence-electron chi connectivity index (χ0n) is 12.7. The highest BCUT2D eigenvalue weighted by atomic mass is 15.3. The minimum Gasteiger partial charge on any atom is -0.317 e. The normalized spacial score (nSPS) is 18.9. The average molecular weight is 274 g/mol. The Hall–Kier alpha value is -1.42. The van der Waals surface area contributed by atoms with Crippen molar-refractivity contribution in [1.82, 2.24) is 20.1 Å². The summed E-state index contributed by atoms with van der Waals surface area (Å²) < 4.78 is 2.12. The second-order valence-electron chi connectivity index (χ2n) is 5.72. The molecule has 0 aromatic carbocycles. The van der Waals surface area contributed by atoms with Gasteiger partial charge in [0.25, 0.3) is 0 Å². The predicted molar refractivity (Wildman–Crippen MR) is 82.3 cm³/mol. The fourth-order valence-electron chi connectivity index (χ4n) is 2.67. The quantitative estimate of drug-likeness (QED) is 0.777. The first-order valence-electron chi connectivity index (χ1n) is 7.61. The van der Waals surface area contributed by atoms with Gasteiger partial charge in [0, 0.05) is 13.1 Å². The predicted octanol–water partition coefficient (Wildman–Crippen LogP) is 3.08. The van der Waals surface area contributed by atoms with Crippen molar-refractivity contribution in [2.45, 2.75) is 52.6 Å². The van der Waals surface area contributed by atoms with E-state index in [-0.39, 0.29) is 0 Å². The van der Waals surface area contributed by atoms with E-state index in [4.69, 9.17) is 0 Å². The summed E-state index contributed by atoms with van der Waals surface area (Å²) in [5, 5.41) is 11.6. The first kappa shape index (κ1) is 15.0. The number of aromatic nitrogens is 3. The van der Waals surface area contributed by atoms with Crippen molar-refractivity contribution in [3.63, 3.8) is 0 Å². The SMILES string of the molecule is C=C(C)[C@@H]1CC=C(CNCc2nncn2CCC)CC1. The van der Waals surface area contributed by atoms with Crippen molar-refractivity contribution < 1.29 is 0 Å². The summed E-state index contributed by atoms with van der Waals surface area (Å²) in [5.41, 5.74) is 2.84. The molecule has 4 nitrogen and oxygen atoms in total. The van der Waals surface area contributed by atoms with Gasteiger partial charge < -0.3 is 9.88 Å². The fourth-order valence-corrected chi connectivity index (χ4v) is 2.67. The van der Waals surface area contributed by atoms with Crippen LogP contribution in [-0.2, 0) is 13.1 Å². The van der Waals surface area contributed by atoms with Gasteiger partial charge in [-0.15, -0.1) is 10.2 Å². The van der Waals surface area contributed by atoms with Crippen molar-refractivity contribution in [1.29, 1.82) is 0 Å². The molecule has 0 radical (unpaired) electrons.